The smallest absolute Gasteiger partial charge is 0.119 e. The molecular formula is C24H32O2. The number of rotatable bonds is 12. The number of aryl methyl sites for hydroxylation is 2. The molecule has 2 rings (SSSR count). The fourth-order valence-electron chi connectivity index (χ4n) is 3.23. The molecule has 0 unspecified atom stereocenters. The molecule has 0 saturated carbocycles. The van der Waals surface area contributed by atoms with Gasteiger partial charge < -0.3 is 10.2 Å². The zero-order chi connectivity index (χ0) is 18.5. The maximum absolute atomic E-state index is 9.46. The van der Waals surface area contributed by atoms with E-state index in [9.17, 15) is 10.2 Å². The fourth-order valence-corrected chi connectivity index (χ4v) is 3.23. The molecule has 2 aromatic carbocycles. The second-order valence-electron chi connectivity index (χ2n) is 7.01. The van der Waals surface area contributed by atoms with Crippen molar-refractivity contribution >= 4 is 0 Å². The third-order valence-corrected chi connectivity index (χ3v) is 4.64. The summed E-state index contributed by atoms with van der Waals surface area (Å²) in [6.07, 6.45) is 16.5. The van der Waals surface area contributed by atoms with E-state index in [1.807, 2.05) is 0 Å². The van der Waals surface area contributed by atoms with Crippen LogP contribution in [-0.2, 0) is 12.8 Å². The normalized spacial score (nSPS) is 11.2. The van der Waals surface area contributed by atoms with E-state index >= 15 is 0 Å². The van der Waals surface area contributed by atoms with Crippen molar-refractivity contribution in [2.24, 2.45) is 0 Å². The lowest BCUT2D eigenvalue weighted by atomic mass is 10.0. The summed E-state index contributed by atoms with van der Waals surface area (Å²) < 4.78 is 0. The first kappa shape index (κ1) is 20.1. The molecule has 0 aromatic heterocycles. The Morgan fingerprint density at radius 2 is 1.15 bits per heavy atom. The summed E-state index contributed by atoms with van der Waals surface area (Å²) in [6, 6.07) is 15.5. The zero-order valence-corrected chi connectivity index (χ0v) is 15.7. The molecule has 2 N–H and O–H groups in total. The molecule has 0 aliphatic carbocycles. The summed E-state index contributed by atoms with van der Waals surface area (Å²) >= 11 is 0. The molecule has 26 heavy (non-hydrogen) atoms. The molecule has 0 bridgehead atoms. The Labute approximate surface area is 158 Å². The number of phenolic OH excluding ortho intramolecular Hbond substituents is 2. The van der Waals surface area contributed by atoms with Crippen LogP contribution in [0, 0.1) is 0 Å². The SMILES string of the molecule is Oc1cc(O)cc(CCCCCCC/C=C\CCCc2ccccc2)c1. The maximum atomic E-state index is 9.46. The maximum Gasteiger partial charge on any atom is 0.119 e. The monoisotopic (exact) mass is 352 g/mol. The first-order valence-corrected chi connectivity index (χ1v) is 9.95. The molecule has 140 valence electrons. The number of benzene rings is 2. The van der Waals surface area contributed by atoms with Crippen molar-refractivity contribution in [1.82, 2.24) is 0 Å². The van der Waals surface area contributed by atoms with Gasteiger partial charge in [0.05, 0.1) is 0 Å². The highest BCUT2D eigenvalue weighted by Gasteiger charge is 1.99. The van der Waals surface area contributed by atoms with E-state index in [1.165, 1.54) is 63.0 Å². The molecule has 0 aliphatic rings. The van der Waals surface area contributed by atoms with Crippen LogP contribution in [0.2, 0.25) is 0 Å². The second-order valence-corrected chi connectivity index (χ2v) is 7.01. The molecule has 0 spiro atoms. The first-order chi connectivity index (χ1) is 12.7. The Kier molecular flexibility index (Phi) is 9.42. The molecule has 0 aliphatic heterocycles. The summed E-state index contributed by atoms with van der Waals surface area (Å²) in [5.74, 6) is 0.297. The quantitative estimate of drug-likeness (QED) is 0.335. The van der Waals surface area contributed by atoms with Crippen LogP contribution in [0.5, 0.6) is 11.5 Å². The van der Waals surface area contributed by atoms with Gasteiger partial charge in [-0.3, -0.25) is 0 Å². The van der Waals surface area contributed by atoms with Crippen molar-refractivity contribution in [3.8, 4) is 11.5 Å². The van der Waals surface area contributed by atoms with Crippen LogP contribution in [0.1, 0.15) is 62.5 Å². The molecule has 0 amide bonds. The predicted molar refractivity (Wildman–Crippen MR) is 110 cm³/mol. The Morgan fingerprint density at radius 3 is 1.88 bits per heavy atom. The van der Waals surface area contributed by atoms with Gasteiger partial charge in [-0.25, -0.2) is 0 Å². The van der Waals surface area contributed by atoms with Gasteiger partial charge in [0.1, 0.15) is 11.5 Å². The lowest BCUT2D eigenvalue weighted by Crippen LogP contribution is -1.86. The van der Waals surface area contributed by atoms with Crippen molar-refractivity contribution in [3.63, 3.8) is 0 Å². The summed E-state index contributed by atoms with van der Waals surface area (Å²) in [4.78, 5) is 0. The highest BCUT2D eigenvalue weighted by atomic mass is 16.3. The van der Waals surface area contributed by atoms with Crippen LogP contribution in [0.3, 0.4) is 0 Å². The van der Waals surface area contributed by atoms with Crippen molar-refractivity contribution in [3.05, 3.63) is 71.8 Å². The third-order valence-electron chi connectivity index (χ3n) is 4.64. The molecule has 2 aromatic rings. The van der Waals surface area contributed by atoms with E-state index in [0.717, 1.165) is 18.4 Å². The zero-order valence-electron chi connectivity index (χ0n) is 15.7. The van der Waals surface area contributed by atoms with Gasteiger partial charge in [-0.1, -0.05) is 61.7 Å². The van der Waals surface area contributed by atoms with Crippen molar-refractivity contribution in [2.45, 2.75) is 64.2 Å². The van der Waals surface area contributed by atoms with Crippen molar-refractivity contribution < 1.29 is 10.2 Å². The van der Waals surface area contributed by atoms with Gasteiger partial charge in [-0.15, -0.1) is 0 Å². The highest BCUT2D eigenvalue weighted by molar-refractivity contribution is 5.36. The van der Waals surface area contributed by atoms with Gasteiger partial charge in [-0.2, -0.15) is 0 Å². The lowest BCUT2D eigenvalue weighted by molar-refractivity contribution is 0.449. The van der Waals surface area contributed by atoms with Gasteiger partial charge in [0.2, 0.25) is 0 Å². The summed E-state index contributed by atoms with van der Waals surface area (Å²) in [6.45, 7) is 0. The topological polar surface area (TPSA) is 40.5 Å². The summed E-state index contributed by atoms with van der Waals surface area (Å²) in [7, 11) is 0. The van der Waals surface area contributed by atoms with Gasteiger partial charge in [-0.05, 0) is 68.2 Å². The van der Waals surface area contributed by atoms with E-state index in [0.29, 0.717) is 0 Å². The van der Waals surface area contributed by atoms with E-state index in [4.69, 9.17) is 0 Å². The number of allylic oxidation sites excluding steroid dienone is 2. The number of phenols is 2. The van der Waals surface area contributed by atoms with Crippen molar-refractivity contribution in [1.29, 1.82) is 0 Å². The summed E-state index contributed by atoms with van der Waals surface area (Å²) in [5, 5.41) is 18.9. The van der Waals surface area contributed by atoms with Gasteiger partial charge in [0.15, 0.2) is 0 Å². The Morgan fingerprint density at radius 1 is 0.577 bits per heavy atom. The van der Waals surface area contributed by atoms with Crippen LogP contribution in [0.4, 0.5) is 0 Å². The molecule has 0 atom stereocenters. The standard InChI is InChI=1S/C24H32O2/c25-23-18-22(19-24(26)20-23)17-11-8-6-4-2-1-3-5-7-10-14-21-15-12-9-13-16-21/h3,5,9,12-13,15-16,18-20,25-26H,1-2,4,6-8,10-11,14,17H2/b5-3-. The number of hydrogen-bond acceptors (Lipinski definition) is 2. The summed E-state index contributed by atoms with van der Waals surface area (Å²) in [5.41, 5.74) is 2.45. The van der Waals surface area contributed by atoms with Gasteiger partial charge in [0, 0.05) is 6.07 Å². The van der Waals surface area contributed by atoms with E-state index in [2.05, 4.69) is 42.5 Å². The van der Waals surface area contributed by atoms with Crippen molar-refractivity contribution in [2.75, 3.05) is 0 Å². The Balaban J connectivity index is 1.42. The molecule has 0 saturated heterocycles. The van der Waals surface area contributed by atoms with E-state index < -0.39 is 0 Å². The molecular weight excluding hydrogens is 320 g/mol. The molecule has 0 heterocycles. The van der Waals surface area contributed by atoms with E-state index in [1.54, 1.807) is 12.1 Å². The Bertz CT molecular complexity index is 626. The molecule has 2 heteroatoms. The lowest BCUT2D eigenvalue weighted by Gasteiger charge is -2.04. The predicted octanol–water partition coefficient (Wildman–Crippen LogP) is 6.56. The minimum Gasteiger partial charge on any atom is -0.508 e. The minimum atomic E-state index is 0.149. The van der Waals surface area contributed by atoms with Crippen LogP contribution in [-0.4, -0.2) is 10.2 Å². The molecule has 0 fully saturated rings. The first-order valence-electron chi connectivity index (χ1n) is 9.95. The van der Waals surface area contributed by atoms with Crippen LogP contribution in [0.25, 0.3) is 0 Å². The van der Waals surface area contributed by atoms with Gasteiger partial charge >= 0.3 is 0 Å². The van der Waals surface area contributed by atoms with E-state index in [-0.39, 0.29) is 11.5 Å². The Hall–Kier alpha value is -2.22. The number of aromatic hydroxyl groups is 2. The highest BCUT2D eigenvalue weighted by Crippen LogP contribution is 2.22. The van der Waals surface area contributed by atoms with Crippen LogP contribution in [0.15, 0.2) is 60.7 Å². The minimum absolute atomic E-state index is 0.149. The largest absolute Gasteiger partial charge is 0.508 e. The molecule has 2 nitrogen and oxygen atoms in total. The fraction of sp³-hybridized carbons (Fsp3) is 0.417. The second kappa shape index (κ2) is 12.2. The average Bonchev–Trinajstić information content (AvgIpc) is 2.63. The van der Waals surface area contributed by atoms with Crippen LogP contribution < -0.4 is 0 Å². The number of unbranched alkanes of at least 4 members (excludes halogenated alkanes) is 6. The van der Waals surface area contributed by atoms with Crippen LogP contribution >= 0.6 is 0 Å². The van der Waals surface area contributed by atoms with Gasteiger partial charge in [0.25, 0.3) is 0 Å². The average molecular weight is 353 g/mol. The molecule has 0 radical (unpaired) electrons. The number of hydrogen-bond donors (Lipinski definition) is 2. The third kappa shape index (κ3) is 8.75.